The van der Waals surface area contributed by atoms with Crippen LogP contribution >= 0.6 is 0 Å². The lowest BCUT2D eigenvalue weighted by atomic mass is 9.87. The molecular weight excluding hydrogens is 336 g/mol. The number of aliphatic carboxylic acids is 1. The zero-order valence-electron chi connectivity index (χ0n) is 17.3. The van der Waals surface area contributed by atoms with Crippen molar-refractivity contribution in [1.82, 2.24) is 0 Å². The SMILES string of the molecule is CCCCCCCCC(CCCCCCCCC(=O)O)c1ccccc1O. The first-order chi connectivity index (χ1) is 13.1. The second-order valence-corrected chi connectivity index (χ2v) is 7.87. The van der Waals surface area contributed by atoms with Crippen LogP contribution in [-0.2, 0) is 4.79 Å². The van der Waals surface area contributed by atoms with Crippen molar-refractivity contribution in [3.63, 3.8) is 0 Å². The predicted molar refractivity (Wildman–Crippen MR) is 113 cm³/mol. The maximum Gasteiger partial charge on any atom is 0.303 e. The molecule has 154 valence electrons. The molecule has 0 saturated carbocycles. The van der Waals surface area contributed by atoms with E-state index in [1.54, 1.807) is 0 Å². The third-order valence-corrected chi connectivity index (χ3v) is 5.48. The average Bonchev–Trinajstić information content (AvgIpc) is 2.65. The molecule has 0 heterocycles. The van der Waals surface area contributed by atoms with Crippen LogP contribution in [0, 0.1) is 0 Å². The van der Waals surface area contributed by atoms with Crippen molar-refractivity contribution < 1.29 is 15.0 Å². The van der Waals surface area contributed by atoms with E-state index in [1.807, 2.05) is 18.2 Å². The van der Waals surface area contributed by atoms with Gasteiger partial charge in [-0.15, -0.1) is 0 Å². The minimum Gasteiger partial charge on any atom is -0.508 e. The van der Waals surface area contributed by atoms with Gasteiger partial charge >= 0.3 is 5.97 Å². The largest absolute Gasteiger partial charge is 0.508 e. The van der Waals surface area contributed by atoms with E-state index in [9.17, 15) is 9.90 Å². The Labute approximate surface area is 166 Å². The lowest BCUT2D eigenvalue weighted by Gasteiger charge is -2.18. The van der Waals surface area contributed by atoms with Crippen molar-refractivity contribution in [3.05, 3.63) is 29.8 Å². The fourth-order valence-electron chi connectivity index (χ4n) is 3.83. The monoisotopic (exact) mass is 376 g/mol. The third kappa shape index (κ3) is 11.7. The van der Waals surface area contributed by atoms with Gasteiger partial charge in [0.25, 0.3) is 0 Å². The van der Waals surface area contributed by atoms with Gasteiger partial charge in [0.1, 0.15) is 5.75 Å². The molecule has 0 fully saturated rings. The maximum atomic E-state index is 10.5. The Kier molecular flexibility index (Phi) is 13.5. The number of phenolic OH excluding ortho intramolecular Hbond substituents is 1. The summed E-state index contributed by atoms with van der Waals surface area (Å²) >= 11 is 0. The van der Waals surface area contributed by atoms with Crippen LogP contribution in [0.15, 0.2) is 24.3 Å². The number of hydrogen-bond acceptors (Lipinski definition) is 2. The molecule has 1 atom stereocenters. The second-order valence-electron chi connectivity index (χ2n) is 7.87. The number of benzene rings is 1. The highest BCUT2D eigenvalue weighted by Gasteiger charge is 2.14. The summed E-state index contributed by atoms with van der Waals surface area (Å²) in [5.41, 5.74) is 1.12. The van der Waals surface area contributed by atoms with Gasteiger partial charge < -0.3 is 10.2 Å². The van der Waals surface area contributed by atoms with Gasteiger partial charge in [0.2, 0.25) is 0 Å². The van der Waals surface area contributed by atoms with E-state index in [4.69, 9.17) is 5.11 Å². The minimum absolute atomic E-state index is 0.299. The number of carboxylic acid groups (broad SMARTS) is 1. The summed E-state index contributed by atoms with van der Waals surface area (Å²) in [6, 6.07) is 7.83. The summed E-state index contributed by atoms with van der Waals surface area (Å²) in [4.78, 5) is 10.5. The van der Waals surface area contributed by atoms with Crippen LogP contribution < -0.4 is 0 Å². The molecule has 0 aliphatic carbocycles. The summed E-state index contributed by atoms with van der Waals surface area (Å²) in [5, 5.41) is 18.9. The van der Waals surface area contributed by atoms with Crippen LogP contribution in [-0.4, -0.2) is 16.2 Å². The molecule has 1 rings (SSSR count). The molecule has 0 saturated heterocycles. The smallest absolute Gasteiger partial charge is 0.303 e. The Morgan fingerprint density at radius 2 is 1.33 bits per heavy atom. The highest BCUT2D eigenvalue weighted by Crippen LogP contribution is 2.33. The fourth-order valence-corrected chi connectivity index (χ4v) is 3.83. The maximum absolute atomic E-state index is 10.5. The average molecular weight is 377 g/mol. The first-order valence-electron chi connectivity index (χ1n) is 11.1. The van der Waals surface area contributed by atoms with Gasteiger partial charge in [-0.25, -0.2) is 0 Å². The topological polar surface area (TPSA) is 57.5 Å². The van der Waals surface area contributed by atoms with Crippen molar-refractivity contribution in [3.8, 4) is 5.75 Å². The van der Waals surface area contributed by atoms with Crippen LogP contribution in [0.2, 0.25) is 0 Å². The van der Waals surface area contributed by atoms with Gasteiger partial charge in [-0.05, 0) is 36.8 Å². The standard InChI is InChI=1S/C24H40O3/c1-2-3-4-5-8-11-16-21(22-18-14-15-19-23(22)25)17-12-9-6-7-10-13-20-24(26)27/h14-15,18-19,21,25H,2-13,16-17,20H2,1H3,(H,26,27). The molecule has 3 heteroatoms. The van der Waals surface area contributed by atoms with Crippen LogP contribution in [0.1, 0.15) is 115 Å². The van der Waals surface area contributed by atoms with E-state index in [-0.39, 0.29) is 0 Å². The molecule has 3 nitrogen and oxygen atoms in total. The lowest BCUT2D eigenvalue weighted by molar-refractivity contribution is -0.137. The first-order valence-corrected chi connectivity index (χ1v) is 11.1. The second kappa shape index (κ2) is 15.5. The minimum atomic E-state index is -0.685. The number of rotatable bonds is 17. The molecule has 0 aliphatic heterocycles. The van der Waals surface area contributed by atoms with E-state index < -0.39 is 5.97 Å². The molecule has 0 bridgehead atoms. The molecular formula is C24H40O3. The molecule has 27 heavy (non-hydrogen) atoms. The quantitative estimate of drug-likeness (QED) is 0.278. The van der Waals surface area contributed by atoms with Gasteiger partial charge in [-0.2, -0.15) is 0 Å². The van der Waals surface area contributed by atoms with Crippen LogP contribution in [0.5, 0.6) is 5.75 Å². The summed E-state index contributed by atoms with van der Waals surface area (Å²) in [6.07, 6.45) is 17.0. The van der Waals surface area contributed by atoms with Crippen molar-refractivity contribution in [2.45, 2.75) is 109 Å². The van der Waals surface area contributed by atoms with Gasteiger partial charge in [0.15, 0.2) is 0 Å². The Balaban J connectivity index is 2.30. The van der Waals surface area contributed by atoms with Crippen LogP contribution in [0.25, 0.3) is 0 Å². The molecule has 1 aromatic rings. The van der Waals surface area contributed by atoms with Crippen LogP contribution in [0.4, 0.5) is 0 Å². The molecule has 2 N–H and O–H groups in total. The Hall–Kier alpha value is -1.51. The van der Waals surface area contributed by atoms with E-state index in [1.165, 1.54) is 64.2 Å². The number of carboxylic acids is 1. The molecule has 0 aliphatic rings. The highest BCUT2D eigenvalue weighted by molar-refractivity contribution is 5.66. The van der Waals surface area contributed by atoms with Gasteiger partial charge in [-0.1, -0.05) is 95.8 Å². The molecule has 1 aromatic carbocycles. The number of aromatic hydroxyl groups is 1. The van der Waals surface area contributed by atoms with Gasteiger partial charge in [-0.3, -0.25) is 4.79 Å². The molecule has 0 aromatic heterocycles. The van der Waals surface area contributed by atoms with Crippen molar-refractivity contribution in [1.29, 1.82) is 0 Å². The number of unbranched alkanes of at least 4 members (excludes halogenated alkanes) is 10. The Bertz CT molecular complexity index is 498. The Morgan fingerprint density at radius 1 is 0.815 bits per heavy atom. The summed E-state index contributed by atoms with van der Waals surface area (Å²) in [7, 11) is 0. The van der Waals surface area contributed by atoms with Crippen LogP contribution in [0.3, 0.4) is 0 Å². The number of phenols is 1. The van der Waals surface area contributed by atoms with E-state index in [0.717, 1.165) is 31.2 Å². The first kappa shape index (κ1) is 23.5. The predicted octanol–water partition coefficient (Wildman–Crippen LogP) is 7.43. The van der Waals surface area contributed by atoms with Crippen molar-refractivity contribution in [2.75, 3.05) is 0 Å². The van der Waals surface area contributed by atoms with Crippen molar-refractivity contribution in [2.24, 2.45) is 0 Å². The molecule has 0 amide bonds. The van der Waals surface area contributed by atoms with E-state index in [2.05, 4.69) is 13.0 Å². The van der Waals surface area contributed by atoms with Crippen molar-refractivity contribution >= 4 is 5.97 Å². The summed E-state index contributed by atoms with van der Waals surface area (Å²) < 4.78 is 0. The summed E-state index contributed by atoms with van der Waals surface area (Å²) in [5.74, 6) is 0.224. The fraction of sp³-hybridized carbons (Fsp3) is 0.708. The zero-order valence-corrected chi connectivity index (χ0v) is 17.3. The summed E-state index contributed by atoms with van der Waals surface area (Å²) in [6.45, 7) is 2.25. The number of para-hydroxylation sites is 1. The zero-order chi connectivity index (χ0) is 19.7. The number of carbonyl (C=O) groups is 1. The molecule has 0 spiro atoms. The Morgan fingerprint density at radius 3 is 1.89 bits per heavy atom. The van der Waals surface area contributed by atoms with E-state index >= 15 is 0 Å². The van der Waals surface area contributed by atoms with Gasteiger partial charge in [0, 0.05) is 6.42 Å². The lowest BCUT2D eigenvalue weighted by Crippen LogP contribution is -2.00. The highest BCUT2D eigenvalue weighted by atomic mass is 16.4. The molecule has 0 radical (unpaired) electrons. The third-order valence-electron chi connectivity index (χ3n) is 5.48. The normalized spacial score (nSPS) is 12.2. The molecule has 1 unspecified atom stereocenters. The van der Waals surface area contributed by atoms with Gasteiger partial charge in [0.05, 0.1) is 0 Å². The number of hydrogen-bond donors (Lipinski definition) is 2. The van der Waals surface area contributed by atoms with E-state index in [0.29, 0.717) is 18.1 Å².